The molecule has 3 rings (SSSR count). The van der Waals surface area contributed by atoms with Gasteiger partial charge in [-0.25, -0.2) is 8.42 Å². The molecule has 0 bridgehead atoms. The molecule has 31 heavy (non-hydrogen) atoms. The van der Waals surface area contributed by atoms with E-state index in [-0.39, 0.29) is 24.3 Å². The van der Waals surface area contributed by atoms with Crippen LogP contribution in [0.3, 0.4) is 0 Å². The quantitative estimate of drug-likeness (QED) is 0.698. The highest BCUT2D eigenvalue weighted by atomic mass is 32.2. The summed E-state index contributed by atoms with van der Waals surface area (Å²) in [5, 5.41) is 2.87. The molecule has 2 amide bonds. The second kappa shape index (κ2) is 10.1. The Hall–Kier alpha value is -1.97. The first-order chi connectivity index (χ1) is 14.7. The van der Waals surface area contributed by atoms with E-state index < -0.39 is 10.0 Å². The maximum Gasteiger partial charge on any atom is 0.243 e. The highest BCUT2D eigenvalue weighted by Gasteiger charge is 2.32. The summed E-state index contributed by atoms with van der Waals surface area (Å²) in [5.74, 6) is -0.00829. The van der Waals surface area contributed by atoms with Crippen molar-refractivity contribution < 1.29 is 18.0 Å². The Morgan fingerprint density at radius 3 is 2.42 bits per heavy atom. The molecule has 0 radical (unpaired) electrons. The standard InChI is InChI=1S/C22H34N4O4S/c1-4-23-22(28)19-6-5-9-24(15-19)16-21(27)25-10-12-26(13-11-25)31(29,30)20-8-7-17(2)18(3)14-20/h7-8,14,19H,4-6,9-13,15-16H2,1-3H3,(H,23,28). The lowest BCUT2D eigenvalue weighted by Crippen LogP contribution is -2.53. The number of carbonyl (C=O) groups is 2. The van der Waals surface area contributed by atoms with E-state index in [1.165, 1.54) is 4.31 Å². The number of hydrogen-bond donors (Lipinski definition) is 1. The fourth-order valence-corrected chi connectivity index (χ4v) is 5.73. The van der Waals surface area contributed by atoms with Gasteiger partial charge in [-0.1, -0.05) is 6.07 Å². The maximum absolute atomic E-state index is 13.0. The van der Waals surface area contributed by atoms with Crippen molar-refractivity contribution in [2.45, 2.75) is 38.5 Å². The summed E-state index contributed by atoms with van der Waals surface area (Å²) in [6.45, 7) is 9.42. The molecule has 9 heteroatoms. The second-order valence-corrected chi connectivity index (χ2v) is 10.4. The number of likely N-dealkylation sites (tertiary alicyclic amines) is 1. The second-order valence-electron chi connectivity index (χ2n) is 8.50. The van der Waals surface area contributed by atoms with Crippen molar-refractivity contribution >= 4 is 21.8 Å². The lowest BCUT2D eigenvalue weighted by Gasteiger charge is -2.36. The van der Waals surface area contributed by atoms with Gasteiger partial charge in [0.25, 0.3) is 0 Å². The molecule has 1 aromatic carbocycles. The van der Waals surface area contributed by atoms with Crippen LogP contribution < -0.4 is 5.32 Å². The number of amides is 2. The van der Waals surface area contributed by atoms with E-state index in [0.717, 1.165) is 30.5 Å². The monoisotopic (exact) mass is 450 g/mol. The molecule has 1 unspecified atom stereocenters. The molecule has 0 aromatic heterocycles. The van der Waals surface area contributed by atoms with Crippen LogP contribution in [0.5, 0.6) is 0 Å². The minimum Gasteiger partial charge on any atom is -0.356 e. The average Bonchev–Trinajstić information content (AvgIpc) is 2.76. The summed E-state index contributed by atoms with van der Waals surface area (Å²) < 4.78 is 27.4. The van der Waals surface area contributed by atoms with Crippen molar-refractivity contribution in [2.75, 3.05) is 52.4 Å². The smallest absolute Gasteiger partial charge is 0.243 e. The van der Waals surface area contributed by atoms with Crippen molar-refractivity contribution in [1.29, 1.82) is 0 Å². The number of piperazine rings is 1. The zero-order chi connectivity index (χ0) is 22.6. The number of nitrogens with zero attached hydrogens (tertiary/aromatic N) is 3. The molecule has 2 fully saturated rings. The molecule has 1 N–H and O–H groups in total. The van der Waals surface area contributed by atoms with Crippen molar-refractivity contribution in [1.82, 2.24) is 19.4 Å². The minimum atomic E-state index is -3.56. The van der Waals surface area contributed by atoms with Gasteiger partial charge >= 0.3 is 0 Å². The number of carbonyl (C=O) groups excluding carboxylic acids is 2. The molecule has 0 saturated carbocycles. The van der Waals surface area contributed by atoms with Crippen LogP contribution in [0.15, 0.2) is 23.1 Å². The van der Waals surface area contributed by atoms with Crippen molar-refractivity contribution in [3.63, 3.8) is 0 Å². The summed E-state index contributed by atoms with van der Waals surface area (Å²) in [4.78, 5) is 29.0. The van der Waals surface area contributed by atoms with Crippen molar-refractivity contribution in [3.8, 4) is 0 Å². The van der Waals surface area contributed by atoms with E-state index >= 15 is 0 Å². The molecule has 1 aromatic rings. The number of rotatable bonds is 6. The zero-order valence-electron chi connectivity index (χ0n) is 18.8. The number of piperidine rings is 1. The lowest BCUT2D eigenvalue weighted by atomic mass is 9.97. The largest absolute Gasteiger partial charge is 0.356 e. The Morgan fingerprint density at radius 2 is 1.77 bits per heavy atom. The first kappa shape index (κ1) is 23.7. The molecular weight excluding hydrogens is 416 g/mol. The third kappa shape index (κ3) is 5.64. The van der Waals surface area contributed by atoms with E-state index in [0.29, 0.717) is 44.2 Å². The van der Waals surface area contributed by atoms with Gasteiger partial charge in [-0.15, -0.1) is 0 Å². The van der Waals surface area contributed by atoms with Crippen LogP contribution in [0.1, 0.15) is 30.9 Å². The van der Waals surface area contributed by atoms with Gasteiger partial charge in [-0.05, 0) is 63.4 Å². The number of sulfonamides is 1. The minimum absolute atomic E-state index is 0.000206. The third-order valence-corrected chi connectivity index (χ3v) is 8.19. The maximum atomic E-state index is 13.0. The Balaban J connectivity index is 1.53. The Kier molecular flexibility index (Phi) is 7.72. The van der Waals surface area contributed by atoms with E-state index in [9.17, 15) is 18.0 Å². The molecule has 0 aliphatic carbocycles. The fourth-order valence-electron chi connectivity index (χ4n) is 4.22. The number of nitrogens with one attached hydrogen (secondary N) is 1. The molecule has 8 nitrogen and oxygen atoms in total. The van der Waals surface area contributed by atoms with Crippen LogP contribution in [-0.4, -0.2) is 86.7 Å². The number of aryl methyl sites for hydroxylation is 2. The van der Waals surface area contributed by atoms with Crippen LogP contribution in [0.25, 0.3) is 0 Å². The van der Waals surface area contributed by atoms with Crippen LogP contribution in [0.4, 0.5) is 0 Å². The Morgan fingerprint density at radius 1 is 1.06 bits per heavy atom. The van der Waals surface area contributed by atoms with Gasteiger partial charge in [0.1, 0.15) is 0 Å². The number of hydrogen-bond acceptors (Lipinski definition) is 5. The van der Waals surface area contributed by atoms with Crippen LogP contribution in [0, 0.1) is 19.8 Å². The van der Waals surface area contributed by atoms with Gasteiger partial charge in [0, 0.05) is 39.3 Å². The van der Waals surface area contributed by atoms with Gasteiger partial charge < -0.3 is 10.2 Å². The molecule has 2 heterocycles. The van der Waals surface area contributed by atoms with Crippen LogP contribution in [-0.2, 0) is 19.6 Å². The van der Waals surface area contributed by atoms with E-state index in [2.05, 4.69) is 5.32 Å². The summed E-state index contributed by atoms with van der Waals surface area (Å²) in [6.07, 6.45) is 1.75. The SMILES string of the molecule is CCNC(=O)C1CCCN(CC(=O)N2CCN(S(=O)(=O)c3ccc(C)c(C)c3)CC2)C1. The predicted octanol–water partition coefficient (Wildman–Crippen LogP) is 0.984. The van der Waals surface area contributed by atoms with E-state index in [4.69, 9.17) is 0 Å². The lowest BCUT2D eigenvalue weighted by molar-refractivity contribution is -0.135. The van der Waals surface area contributed by atoms with E-state index in [1.807, 2.05) is 31.7 Å². The average molecular weight is 451 g/mol. The van der Waals surface area contributed by atoms with Crippen LogP contribution in [0.2, 0.25) is 0 Å². The predicted molar refractivity (Wildman–Crippen MR) is 119 cm³/mol. The first-order valence-electron chi connectivity index (χ1n) is 11.1. The van der Waals surface area contributed by atoms with Crippen molar-refractivity contribution in [3.05, 3.63) is 29.3 Å². The molecule has 0 spiro atoms. The Labute approximate surface area is 185 Å². The molecular formula is C22H34N4O4S. The summed E-state index contributed by atoms with van der Waals surface area (Å²) in [5.41, 5.74) is 2.00. The molecule has 172 valence electrons. The van der Waals surface area contributed by atoms with Gasteiger partial charge in [0.05, 0.1) is 17.4 Å². The molecule has 2 saturated heterocycles. The summed E-state index contributed by atoms with van der Waals surface area (Å²) >= 11 is 0. The topological polar surface area (TPSA) is 90.0 Å². The van der Waals surface area contributed by atoms with Gasteiger partial charge in [0.15, 0.2) is 0 Å². The first-order valence-corrected chi connectivity index (χ1v) is 12.5. The highest BCUT2D eigenvalue weighted by molar-refractivity contribution is 7.89. The summed E-state index contributed by atoms with van der Waals surface area (Å²) in [7, 11) is -3.56. The van der Waals surface area contributed by atoms with Gasteiger partial charge in [0.2, 0.25) is 21.8 Å². The van der Waals surface area contributed by atoms with Crippen LogP contribution >= 0.6 is 0 Å². The van der Waals surface area contributed by atoms with Crippen molar-refractivity contribution in [2.24, 2.45) is 5.92 Å². The Bertz CT molecular complexity index is 910. The van der Waals surface area contributed by atoms with Gasteiger partial charge in [-0.3, -0.25) is 14.5 Å². The third-order valence-electron chi connectivity index (χ3n) is 6.29. The molecule has 2 aliphatic rings. The number of benzene rings is 1. The zero-order valence-corrected chi connectivity index (χ0v) is 19.6. The summed E-state index contributed by atoms with van der Waals surface area (Å²) in [6, 6.07) is 5.19. The molecule has 2 aliphatic heterocycles. The fraction of sp³-hybridized carbons (Fsp3) is 0.636. The van der Waals surface area contributed by atoms with E-state index in [1.54, 1.807) is 17.0 Å². The van der Waals surface area contributed by atoms with Gasteiger partial charge in [-0.2, -0.15) is 4.31 Å². The molecule has 1 atom stereocenters. The highest BCUT2D eigenvalue weighted by Crippen LogP contribution is 2.21. The normalized spacial score (nSPS) is 21.1.